The molecule has 2 amide bonds. The summed E-state index contributed by atoms with van der Waals surface area (Å²) in [6.45, 7) is 2.64. The summed E-state index contributed by atoms with van der Waals surface area (Å²) in [7, 11) is 1.87. The van der Waals surface area contributed by atoms with Crippen molar-refractivity contribution in [3.05, 3.63) is 0 Å². The molecule has 1 heterocycles. The summed E-state index contributed by atoms with van der Waals surface area (Å²) in [6, 6.07) is 0. The van der Waals surface area contributed by atoms with E-state index >= 15 is 0 Å². The minimum Gasteiger partial charge on any atom is -0.354 e. The van der Waals surface area contributed by atoms with Crippen molar-refractivity contribution in [3.8, 4) is 0 Å². The second-order valence-corrected chi connectivity index (χ2v) is 3.69. The third-order valence-corrected chi connectivity index (χ3v) is 2.48. The maximum atomic E-state index is 11.7. The van der Waals surface area contributed by atoms with Gasteiger partial charge in [-0.1, -0.05) is 0 Å². The van der Waals surface area contributed by atoms with Crippen LogP contribution < -0.4 is 10.6 Å². The van der Waals surface area contributed by atoms with Crippen molar-refractivity contribution in [1.29, 1.82) is 0 Å². The Labute approximate surface area is 90.2 Å². The number of amides is 2. The second kappa shape index (κ2) is 6.40. The SMILES string of the molecule is CNCCCC(=O)N1CCNC(=O)CC1. The van der Waals surface area contributed by atoms with Crippen molar-refractivity contribution in [1.82, 2.24) is 15.5 Å². The quantitative estimate of drug-likeness (QED) is 0.609. The van der Waals surface area contributed by atoms with Gasteiger partial charge in [-0.15, -0.1) is 0 Å². The molecule has 1 rings (SSSR count). The molecule has 0 bridgehead atoms. The van der Waals surface area contributed by atoms with Gasteiger partial charge < -0.3 is 15.5 Å². The molecule has 86 valence electrons. The number of nitrogens with one attached hydrogen (secondary N) is 2. The predicted molar refractivity (Wildman–Crippen MR) is 57.4 cm³/mol. The molecule has 15 heavy (non-hydrogen) atoms. The van der Waals surface area contributed by atoms with E-state index in [9.17, 15) is 9.59 Å². The number of carbonyl (C=O) groups excluding carboxylic acids is 2. The number of carbonyl (C=O) groups is 2. The van der Waals surface area contributed by atoms with E-state index in [-0.39, 0.29) is 11.8 Å². The van der Waals surface area contributed by atoms with Gasteiger partial charge >= 0.3 is 0 Å². The van der Waals surface area contributed by atoms with Crippen LogP contribution in [-0.2, 0) is 9.59 Å². The van der Waals surface area contributed by atoms with Gasteiger partial charge in [-0.3, -0.25) is 9.59 Å². The van der Waals surface area contributed by atoms with Gasteiger partial charge in [-0.25, -0.2) is 0 Å². The third-order valence-electron chi connectivity index (χ3n) is 2.48. The highest BCUT2D eigenvalue weighted by Gasteiger charge is 2.17. The van der Waals surface area contributed by atoms with Crippen molar-refractivity contribution >= 4 is 11.8 Å². The molecule has 0 spiro atoms. The van der Waals surface area contributed by atoms with E-state index in [1.54, 1.807) is 4.90 Å². The molecule has 1 saturated heterocycles. The molecular formula is C10H19N3O2. The van der Waals surface area contributed by atoms with Gasteiger partial charge in [0, 0.05) is 32.5 Å². The number of hydrogen-bond donors (Lipinski definition) is 2. The van der Waals surface area contributed by atoms with Gasteiger partial charge in [0.05, 0.1) is 0 Å². The first-order valence-electron chi connectivity index (χ1n) is 5.43. The Hall–Kier alpha value is -1.10. The summed E-state index contributed by atoms with van der Waals surface area (Å²) >= 11 is 0. The van der Waals surface area contributed by atoms with Gasteiger partial charge in [0.15, 0.2) is 0 Å². The second-order valence-electron chi connectivity index (χ2n) is 3.69. The van der Waals surface area contributed by atoms with E-state index in [0.717, 1.165) is 13.0 Å². The Balaban J connectivity index is 2.28. The summed E-state index contributed by atoms with van der Waals surface area (Å²) in [5.74, 6) is 0.197. The molecule has 0 aromatic rings. The number of rotatable bonds is 4. The van der Waals surface area contributed by atoms with E-state index in [1.807, 2.05) is 7.05 Å². The zero-order chi connectivity index (χ0) is 11.1. The first-order chi connectivity index (χ1) is 7.24. The molecule has 1 aliphatic rings. The van der Waals surface area contributed by atoms with Crippen molar-refractivity contribution in [2.24, 2.45) is 0 Å². The van der Waals surface area contributed by atoms with E-state index < -0.39 is 0 Å². The average molecular weight is 213 g/mol. The van der Waals surface area contributed by atoms with Crippen molar-refractivity contribution in [3.63, 3.8) is 0 Å². The molecule has 0 unspecified atom stereocenters. The minimum absolute atomic E-state index is 0.0422. The summed E-state index contributed by atoms with van der Waals surface area (Å²) < 4.78 is 0. The fourth-order valence-corrected chi connectivity index (χ4v) is 1.59. The summed E-state index contributed by atoms with van der Waals surface area (Å²) in [5.41, 5.74) is 0. The molecule has 5 heteroatoms. The molecule has 0 aromatic carbocycles. The summed E-state index contributed by atoms with van der Waals surface area (Å²) in [6.07, 6.45) is 1.85. The molecular weight excluding hydrogens is 194 g/mol. The molecule has 0 atom stereocenters. The Kier molecular flexibility index (Phi) is 5.10. The highest BCUT2D eigenvalue weighted by molar-refractivity contribution is 5.80. The fourth-order valence-electron chi connectivity index (χ4n) is 1.59. The third kappa shape index (κ3) is 4.29. The number of nitrogens with zero attached hydrogens (tertiary/aromatic N) is 1. The van der Waals surface area contributed by atoms with Gasteiger partial charge in [-0.2, -0.15) is 0 Å². The molecule has 0 radical (unpaired) electrons. The largest absolute Gasteiger partial charge is 0.354 e. The fraction of sp³-hybridized carbons (Fsp3) is 0.800. The topological polar surface area (TPSA) is 61.4 Å². The lowest BCUT2D eigenvalue weighted by atomic mass is 10.2. The highest BCUT2D eigenvalue weighted by atomic mass is 16.2. The molecule has 0 aliphatic carbocycles. The summed E-state index contributed by atoms with van der Waals surface area (Å²) in [5, 5.41) is 5.76. The average Bonchev–Trinajstić information content (AvgIpc) is 2.43. The molecule has 1 fully saturated rings. The lowest BCUT2D eigenvalue weighted by molar-refractivity contribution is -0.131. The van der Waals surface area contributed by atoms with Crippen LogP contribution in [0.4, 0.5) is 0 Å². The Morgan fingerprint density at radius 2 is 2.33 bits per heavy atom. The van der Waals surface area contributed by atoms with Crippen molar-refractivity contribution < 1.29 is 9.59 Å². The van der Waals surface area contributed by atoms with E-state index in [1.165, 1.54) is 0 Å². The molecule has 2 N–H and O–H groups in total. The van der Waals surface area contributed by atoms with Crippen LogP contribution in [0.5, 0.6) is 0 Å². The van der Waals surface area contributed by atoms with Crippen LogP contribution >= 0.6 is 0 Å². The van der Waals surface area contributed by atoms with E-state index in [0.29, 0.717) is 32.5 Å². The van der Waals surface area contributed by atoms with Crippen LogP contribution in [0.2, 0.25) is 0 Å². The monoisotopic (exact) mass is 213 g/mol. The maximum Gasteiger partial charge on any atom is 0.222 e. The van der Waals surface area contributed by atoms with Crippen molar-refractivity contribution in [2.45, 2.75) is 19.3 Å². The Morgan fingerprint density at radius 3 is 3.07 bits per heavy atom. The minimum atomic E-state index is 0.0422. The lowest BCUT2D eigenvalue weighted by Gasteiger charge is -2.19. The van der Waals surface area contributed by atoms with Gasteiger partial charge in [0.25, 0.3) is 0 Å². The first-order valence-corrected chi connectivity index (χ1v) is 5.43. The van der Waals surface area contributed by atoms with Crippen molar-refractivity contribution in [2.75, 3.05) is 33.2 Å². The predicted octanol–water partition coefficient (Wildman–Crippen LogP) is -0.665. The highest BCUT2D eigenvalue weighted by Crippen LogP contribution is 2.01. The van der Waals surface area contributed by atoms with Crippen LogP contribution in [-0.4, -0.2) is 49.9 Å². The zero-order valence-corrected chi connectivity index (χ0v) is 9.21. The Morgan fingerprint density at radius 1 is 1.53 bits per heavy atom. The van der Waals surface area contributed by atoms with Gasteiger partial charge in [0.1, 0.15) is 0 Å². The van der Waals surface area contributed by atoms with Crippen LogP contribution in [0.15, 0.2) is 0 Å². The smallest absolute Gasteiger partial charge is 0.222 e. The zero-order valence-electron chi connectivity index (χ0n) is 9.21. The van der Waals surface area contributed by atoms with Gasteiger partial charge in [0.2, 0.25) is 11.8 Å². The van der Waals surface area contributed by atoms with Crippen LogP contribution in [0, 0.1) is 0 Å². The first kappa shape index (κ1) is 12.0. The Bertz CT molecular complexity index is 231. The molecule has 0 saturated carbocycles. The molecule has 0 aromatic heterocycles. The van der Waals surface area contributed by atoms with E-state index in [4.69, 9.17) is 0 Å². The van der Waals surface area contributed by atoms with Crippen LogP contribution in [0.1, 0.15) is 19.3 Å². The van der Waals surface area contributed by atoms with E-state index in [2.05, 4.69) is 10.6 Å². The molecule has 1 aliphatic heterocycles. The normalized spacial score (nSPS) is 17.1. The van der Waals surface area contributed by atoms with Crippen LogP contribution in [0.25, 0.3) is 0 Å². The van der Waals surface area contributed by atoms with Gasteiger partial charge in [-0.05, 0) is 20.0 Å². The molecule has 5 nitrogen and oxygen atoms in total. The summed E-state index contributed by atoms with van der Waals surface area (Å²) in [4.78, 5) is 24.5. The standard InChI is InChI=1S/C10H19N3O2/c1-11-5-2-3-10(15)13-7-4-9(14)12-6-8-13/h11H,2-8H2,1H3,(H,12,14). The lowest BCUT2D eigenvalue weighted by Crippen LogP contribution is -2.34. The van der Waals surface area contributed by atoms with Crippen LogP contribution in [0.3, 0.4) is 0 Å². The number of hydrogen-bond acceptors (Lipinski definition) is 3. The maximum absolute atomic E-state index is 11.7.